The third-order valence-corrected chi connectivity index (χ3v) is 7.30. The van der Waals surface area contributed by atoms with E-state index in [0.29, 0.717) is 17.8 Å². The number of nitrogens with zero attached hydrogens (tertiary/aromatic N) is 2. The molecule has 0 unspecified atom stereocenters. The van der Waals surface area contributed by atoms with E-state index in [9.17, 15) is 13.2 Å². The van der Waals surface area contributed by atoms with Crippen LogP contribution in [0.4, 0.5) is 5.69 Å². The molecule has 168 valence electrons. The summed E-state index contributed by atoms with van der Waals surface area (Å²) in [4.78, 5) is 15.1. The Morgan fingerprint density at radius 1 is 1.10 bits per heavy atom. The van der Waals surface area contributed by atoms with E-state index in [-0.39, 0.29) is 10.8 Å². The molecule has 1 N–H and O–H groups in total. The Morgan fingerprint density at radius 2 is 1.77 bits per heavy atom. The zero-order valence-electron chi connectivity index (χ0n) is 18.4. The molecule has 0 radical (unpaired) electrons. The van der Waals surface area contributed by atoms with Gasteiger partial charge < -0.3 is 10.1 Å². The highest BCUT2D eigenvalue weighted by Gasteiger charge is 2.23. The summed E-state index contributed by atoms with van der Waals surface area (Å²) in [6, 6.07) is 11.9. The Kier molecular flexibility index (Phi) is 7.69. The van der Waals surface area contributed by atoms with Crippen LogP contribution in [-0.4, -0.2) is 65.7 Å². The first-order chi connectivity index (χ1) is 14.8. The molecule has 1 saturated heterocycles. The maximum absolute atomic E-state index is 13.0. The average molecular weight is 446 g/mol. The quantitative estimate of drug-likeness (QED) is 0.632. The summed E-state index contributed by atoms with van der Waals surface area (Å²) < 4.78 is 32.5. The van der Waals surface area contributed by atoms with Crippen molar-refractivity contribution in [2.75, 3.05) is 50.7 Å². The van der Waals surface area contributed by atoms with E-state index in [1.54, 1.807) is 42.5 Å². The smallest absolute Gasteiger partial charge is 0.264 e. The topological polar surface area (TPSA) is 79.0 Å². The Bertz CT molecular complexity index is 1000. The highest BCUT2D eigenvalue weighted by atomic mass is 32.2. The zero-order valence-corrected chi connectivity index (χ0v) is 19.2. The summed E-state index contributed by atoms with van der Waals surface area (Å²) in [6.07, 6.45) is 0.875. The molecule has 0 bridgehead atoms. The van der Waals surface area contributed by atoms with Crippen LogP contribution in [0.2, 0.25) is 0 Å². The predicted molar refractivity (Wildman–Crippen MR) is 122 cm³/mol. The first kappa shape index (κ1) is 23.2. The fraction of sp³-hybridized carbons (Fsp3) is 0.435. The number of hydrogen-bond acceptors (Lipinski definition) is 5. The normalized spacial score (nSPS) is 14.9. The Labute approximate surface area is 185 Å². The van der Waals surface area contributed by atoms with Crippen molar-refractivity contribution in [1.29, 1.82) is 0 Å². The Hall–Kier alpha value is -2.42. The van der Waals surface area contributed by atoms with Crippen molar-refractivity contribution >= 4 is 21.6 Å². The molecule has 8 heteroatoms. The van der Waals surface area contributed by atoms with Gasteiger partial charge >= 0.3 is 0 Å². The van der Waals surface area contributed by atoms with Crippen molar-refractivity contribution in [3.63, 3.8) is 0 Å². The number of rotatable bonds is 8. The molecule has 0 atom stereocenters. The molecule has 0 saturated carbocycles. The van der Waals surface area contributed by atoms with Gasteiger partial charge in [0.25, 0.3) is 15.9 Å². The lowest BCUT2D eigenvalue weighted by molar-refractivity contribution is 0.0374. The first-order valence-electron chi connectivity index (χ1n) is 10.5. The van der Waals surface area contributed by atoms with Crippen LogP contribution in [0.25, 0.3) is 0 Å². The minimum atomic E-state index is -3.67. The summed E-state index contributed by atoms with van der Waals surface area (Å²) in [5, 5.41) is 2.95. The van der Waals surface area contributed by atoms with Gasteiger partial charge in [-0.1, -0.05) is 17.7 Å². The van der Waals surface area contributed by atoms with Gasteiger partial charge in [0.05, 0.1) is 23.8 Å². The summed E-state index contributed by atoms with van der Waals surface area (Å²) in [7, 11) is -2.14. The molecule has 0 spiro atoms. The van der Waals surface area contributed by atoms with Gasteiger partial charge in [0.1, 0.15) is 0 Å². The standard InChI is InChI=1S/C23H31N3O4S/c1-18-5-8-21(9-6-18)31(28,29)25(3)22-10-7-20(17-19(22)2)23(27)24-11-4-12-26-13-15-30-16-14-26/h5-10,17H,4,11-16H2,1-3H3,(H,24,27). The molecule has 3 rings (SSSR count). The van der Waals surface area contributed by atoms with Gasteiger partial charge in [0, 0.05) is 32.2 Å². The van der Waals surface area contributed by atoms with Crippen molar-refractivity contribution in [3.8, 4) is 0 Å². The number of carbonyl (C=O) groups excluding carboxylic acids is 1. The van der Waals surface area contributed by atoms with E-state index >= 15 is 0 Å². The van der Waals surface area contributed by atoms with Crippen LogP contribution in [-0.2, 0) is 14.8 Å². The molecular weight excluding hydrogens is 414 g/mol. The fourth-order valence-electron chi connectivity index (χ4n) is 3.58. The van der Waals surface area contributed by atoms with Crippen LogP contribution >= 0.6 is 0 Å². The van der Waals surface area contributed by atoms with Crippen molar-refractivity contribution in [2.24, 2.45) is 0 Å². The second-order valence-electron chi connectivity index (χ2n) is 7.85. The molecule has 0 aliphatic carbocycles. The van der Waals surface area contributed by atoms with E-state index in [2.05, 4.69) is 10.2 Å². The molecular formula is C23H31N3O4S. The van der Waals surface area contributed by atoms with Crippen molar-refractivity contribution in [1.82, 2.24) is 10.2 Å². The van der Waals surface area contributed by atoms with Gasteiger partial charge in [-0.3, -0.25) is 14.0 Å². The fourth-order valence-corrected chi connectivity index (χ4v) is 4.84. The molecule has 2 aromatic rings. The number of hydrogen-bond donors (Lipinski definition) is 1. The number of anilines is 1. The number of sulfonamides is 1. The number of nitrogens with one attached hydrogen (secondary N) is 1. The number of benzene rings is 2. The van der Waals surface area contributed by atoms with E-state index in [0.717, 1.165) is 50.4 Å². The molecule has 31 heavy (non-hydrogen) atoms. The van der Waals surface area contributed by atoms with Crippen LogP contribution in [0.5, 0.6) is 0 Å². The second-order valence-corrected chi connectivity index (χ2v) is 9.82. The summed E-state index contributed by atoms with van der Waals surface area (Å²) >= 11 is 0. The maximum Gasteiger partial charge on any atom is 0.264 e. The van der Waals surface area contributed by atoms with Gasteiger partial charge in [0.15, 0.2) is 0 Å². The maximum atomic E-state index is 13.0. The lowest BCUT2D eigenvalue weighted by Gasteiger charge is -2.26. The Morgan fingerprint density at radius 3 is 2.42 bits per heavy atom. The number of ether oxygens (including phenoxy) is 1. The van der Waals surface area contributed by atoms with Gasteiger partial charge in [-0.15, -0.1) is 0 Å². The predicted octanol–water partition coefficient (Wildman–Crippen LogP) is 2.58. The minimum Gasteiger partial charge on any atom is -0.379 e. The lowest BCUT2D eigenvalue weighted by Crippen LogP contribution is -2.38. The Balaban J connectivity index is 1.60. The average Bonchev–Trinajstić information content (AvgIpc) is 2.77. The summed E-state index contributed by atoms with van der Waals surface area (Å²) in [5.41, 5.74) is 2.79. The number of amides is 1. The zero-order chi connectivity index (χ0) is 22.4. The molecule has 1 amide bonds. The van der Waals surface area contributed by atoms with Crippen LogP contribution < -0.4 is 9.62 Å². The van der Waals surface area contributed by atoms with Crippen molar-refractivity contribution in [3.05, 3.63) is 59.2 Å². The summed E-state index contributed by atoms with van der Waals surface area (Å²) in [5.74, 6) is -0.152. The van der Waals surface area contributed by atoms with Crippen LogP contribution in [0.1, 0.15) is 27.9 Å². The van der Waals surface area contributed by atoms with E-state index in [1.165, 1.54) is 11.4 Å². The van der Waals surface area contributed by atoms with Crippen molar-refractivity contribution < 1.29 is 17.9 Å². The third-order valence-electron chi connectivity index (χ3n) is 5.52. The highest BCUT2D eigenvalue weighted by Crippen LogP contribution is 2.26. The molecule has 0 aromatic heterocycles. The van der Waals surface area contributed by atoms with Crippen LogP contribution in [0.15, 0.2) is 47.4 Å². The molecule has 7 nitrogen and oxygen atoms in total. The molecule has 1 heterocycles. The molecule has 1 aliphatic rings. The first-order valence-corrected chi connectivity index (χ1v) is 12.0. The van der Waals surface area contributed by atoms with Gasteiger partial charge in [-0.25, -0.2) is 8.42 Å². The van der Waals surface area contributed by atoms with Gasteiger partial charge in [0.2, 0.25) is 0 Å². The number of morpholine rings is 1. The van der Waals surface area contributed by atoms with Gasteiger partial charge in [-0.05, 0) is 62.7 Å². The molecule has 1 fully saturated rings. The number of carbonyl (C=O) groups is 1. The largest absolute Gasteiger partial charge is 0.379 e. The summed E-state index contributed by atoms with van der Waals surface area (Å²) in [6.45, 7) is 8.67. The molecule has 1 aliphatic heterocycles. The lowest BCUT2D eigenvalue weighted by atomic mass is 10.1. The number of aryl methyl sites for hydroxylation is 2. The van der Waals surface area contributed by atoms with E-state index < -0.39 is 10.0 Å². The monoisotopic (exact) mass is 445 g/mol. The molecule has 2 aromatic carbocycles. The highest BCUT2D eigenvalue weighted by molar-refractivity contribution is 7.92. The van der Waals surface area contributed by atoms with Crippen LogP contribution in [0, 0.1) is 13.8 Å². The van der Waals surface area contributed by atoms with E-state index in [4.69, 9.17) is 4.74 Å². The second kappa shape index (κ2) is 10.3. The van der Waals surface area contributed by atoms with E-state index in [1.807, 2.05) is 13.8 Å². The van der Waals surface area contributed by atoms with Gasteiger partial charge in [-0.2, -0.15) is 0 Å². The minimum absolute atomic E-state index is 0.152. The van der Waals surface area contributed by atoms with Crippen LogP contribution in [0.3, 0.4) is 0 Å². The SMILES string of the molecule is Cc1ccc(S(=O)(=O)N(C)c2ccc(C(=O)NCCCN3CCOCC3)cc2C)cc1. The third kappa shape index (κ3) is 5.84. The van der Waals surface area contributed by atoms with Crippen molar-refractivity contribution in [2.45, 2.75) is 25.2 Å².